The van der Waals surface area contributed by atoms with E-state index in [-0.39, 0.29) is 11.1 Å². The zero-order valence-corrected chi connectivity index (χ0v) is 13.6. The van der Waals surface area contributed by atoms with E-state index in [0.717, 1.165) is 0 Å². The largest absolute Gasteiger partial charge is 0.450 e. The molecule has 3 amide bonds. The lowest BCUT2D eigenvalue weighted by molar-refractivity contribution is -0.126. The molecule has 2 atom stereocenters. The minimum atomic E-state index is -0.814. The lowest BCUT2D eigenvalue weighted by Crippen LogP contribution is -2.69. The molecule has 2 aliphatic rings. The third-order valence-electron chi connectivity index (χ3n) is 4.48. The number of ether oxygens (including phenoxy) is 1. The van der Waals surface area contributed by atoms with Crippen molar-refractivity contribution in [2.75, 3.05) is 33.4 Å². The summed E-state index contributed by atoms with van der Waals surface area (Å²) in [6.45, 7) is 1.23. The molecule has 2 aliphatic heterocycles. The van der Waals surface area contributed by atoms with E-state index >= 15 is 0 Å². The molecule has 0 saturated carbocycles. The van der Waals surface area contributed by atoms with Crippen LogP contribution in [-0.4, -0.2) is 62.3 Å². The summed E-state index contributed by atoms with van der Waals surface area (Å²) in [6.07, 6.45) is 0.550. The molecule has 128 valence electrons. The molecule has 24 heavy (non-hydrogen) atoms. The van der Waals surface area contributed by atoms with Gasteiger partial charge in [-0.25, -0.2) is 9.86 Å². The Bertz CT molecular complexity index is 663. The van der Waals surface area contributed by atoms with Gasteiger partial charge in [0.1, 0.15) is 24.7 Å². The van der Waals surface area contributed by atoms with Gasteiger partial charge in [0.05, 0.1) is 13.2 Å². The van der Waals surface area contributed by atoms with E-state index < -0.39 is 18.0 Å². The van der Waals surface area contributed by atoms with Crippen molar-refractivity contribution in [2.24, 2.45) is 10.7 Å². The third-order valence-corrected chi connectivity index (χ3v) is 4.48. The molecular weight excluding hydrogens is 312 g/mol. The van der Waals surface area contributed by atoms with Gasteiger partial charge in [-0.05, 0) is 12.1 Å². The Morgan fingerprint density at radius 3 is 2.67 bits per heavy atom. The van der Waals surface area contributed by atoms with E-state index in [1.165, 1.54) is 5.06 Å². The number of quaternary nitrogens is 1. The van der Waals surface area contributed by atoms with Gasteiger partial charge in [-0.1, -0.05) is 18.2 Å². The molecule has 0 aromatic heterocycles. The van der Waals surface area contributed by atoms with Gasteiger partial charge in [-0.3, -0.25) is 9.63 Å². The van der Waals surface area contributed by atoms with Crippen LogP contribution >= 0.6 is 0 Å². The molecule has 2 N–H and O–H groups in total. The van der Waals surface area contributed by atoms with E-state index in [1.54, 1.807) is 7.05 Å². The van der Waals surface area contributed by atoms with Crippen LogP contribution in [0, 0.1) is 0 Å². The number of morpholine rings is 1. The summed E-state index contributed by atoms with van der Waals surface area (Å²) in [7, 11) is 1.71. The smallest absolute Gasteiger partial charge is 0.369 e. The minimum Gasteiger partial charge on any atom is -0.369 e. The molecule has 1 aromatic carbocycles. The van der Waals surface area contributed by atoms with E-state index in [1.807, 2.05) is 30.3 Å². The van der Waals surface area contributed by atoms with Crippen molar-refractivity contribution in [3.05, 3.63) is 30.3 Å². The Labute approximate surface area is 140 Å². The summed E-state index contributed by atoms with van der Waals surface area (Å²) < 4.78 is 5.15. The predicted molar refractivity (Wildman–Crippen MR) is 88.1 cm³/mol. The van der Waals surface area contributed by atoms with Crippen LogP contribution in [0.4, 0.5) is 10.5 Å². The number of hydrogen-bond acceptors (Lipinski definition) is 4. The molecule has 0 aliphatic carbocycles. The molecule has 8 heteroatoms. The van der Waals surface area contributed by atoms with Crippen molar-refractivity contribution in [3.63, 3.8) is 0 Å². The van der Waals surface area contributed by atoms with Crippen molar-refractivity contribution < 1.29 is 19.2 Å². The lowest BCUT2D eigenvalue weighted by atomic mass is 10.1. The van der Waals surface area contributed by atoms with Gasteiger partial charge in [0.25, 0.3) is 5.91 Å². The molecule has 2 heterocycles. The highest BCUT2D eigenvalue weighted by Gasteiger charge is 2.52. The van der Waals surface area contributed by atoms with Gasteiger partial charge in [0.15, 0.2) is 0 Å². The van der Waals surface area contributed by atoms with Crippen molar-refractivity contribution in [1.29, 1.82) is 0 Å². The number of nitrogens with zero attached hydrogens (tertiary/aromatic N) is 3. The van der Waals surface area contributed by atoms with Crippen molar-refractivity contribution >= 4 is 23.5 Å². The summed E-state index contributed by atoms with van der Waals surface area (Å²) in [4.78, 5) is 34.8. The Morgan fingerprint density at radius 1 is 1.29 bits per heavy atom. The molecule has 1 aromatic rings. The van der Waals surface area contributed by atoms with Crippen LogP contribution in [0.25, 0.3) is 0 Å². The highest BCUT2D eigenvalue weighted by molar-refractivity contribution is 6.02. The summed E-state index contributed by atoms with van der Waals surface area (Å²) in [5.74, 6) is -0.0359. The number of aliphatic imine (C=N–C) groups is 1. The molecule has 8 nitrogen and oxygen atoms in total. The maximum absolute atomic E-state index is 13.2. The maximum Gasteiger partial charge on any atom is 0.450 e. The quantitative estimate of drug-likeness (QED) is 0.803. The second-order valence-electron chi connectivity index (χ2n) is 5.81. The fraction of sp³-hybridized carbons (Fsp3) is 0.438. The highest BCUT2D eigenvalue weighted by atomic mass is 16.7. The van der Waals surface area contributed by atoms with Crippen LogP contribution in [-0.2, 0) is 14.4 Å². The Morgan fingerprint density at radius 2 is 2.04 bits per heavy atom. The molecule has 2 fully saturated rings. The zero-order chi connectivity index (χ0) is 17.2. The summed E-state index contributed by atoms with van der Waals surface area (Å²) in [5, 5.41) is 1.49. The average molecular weight is 333 g/mol. The van der Waals surface area contributed by atoms with Gasteiger partial charge in [0, 0.05) is 13.5 Å². The van der Waals surface area contributed by atoms with Crippen LogP contribution in [0.1, 0.15) is 6.42 Å². The van der Waals surface area contributed by atoms with Gasteiger partial charge >= 0.3 is 6.03 Å². The lowest BCUT2D eigenvalue weighted by Gasteiger charge is -2.41. The Balaban J connectivity index is 2.08. The Kier molecular flexibility index (Phi) is 4.61. The third kappa shape index (κ3) is 2.79. The highest BCUT2D eigenvalue weighted by Crippen LogP contribution is 2.31. The number of para-hydroxylation sites is 1. The number of hydroxylamine groups is 2. The number of amidine groups is 1. The van der Waals surface area contributed by atoms with Crippen LogP contribution in [0.5, 0.6) is 0 Å². The number of amides is 3. The number of carbonyl (C=O) groups is 2. The molecule has 2 saturated heterocycles. The maximum atomic E-state index is 13.2. The number of primary amides is 1. The van der Waals surface area contributed by atoms with Gasteiger partial charge in [-0.15, -0.1) is 4.99 Å². The molecule has 0 spiro atoms. The van der Waals surface area contributed by atoms with E-state index in [2.05, 4.69) is 4.99 Å². The van der Waals surface area contributed by atoms with Crippen LogP contribution in [0.15, 0.2) is 35.3 Å². The zero-order valence-electron chi connectivity index (χ0n) is 13.6. The van der Waals surface area contributed by atoms with Crippen LogP contribution < -0.4 is 10.2 Å². The second kappa shape index (κ2) is 6.68. The topological polar surface area (TPSA) is 94.2 Å². The SMILES string of the molecule is CN1OCCC1=NC(=O)[N+]1(c2ccccc2)CCOCC1C(N)=O. The first-order valence-electron chi connectivity index (χ1n) is 7.85. The van der Waals surface area contributed by atoms with E-state index in [9.17, 15) is 9.59 Å². The number of nitrogens with two attached hydrogens (primary N) is 1. The average Bonchev–Trinajstić information content (AvgIpc) is 3.00. The van der Waals surface area contributed by atoms with Crippen LogP contribution in [0.3, 0.4) is 0 Å². The summed E-state index contributed by atoms with van der Waals surface area (Å²) >= 11 is 0. The molecule has 3 rings (SSSR count). The number of carbonyl (C=O) groups excluding carboxylic acids is 2. The molecule has 0 bridgehead atoms. The first-order chi connectivity index (χ1) is 11.6. The van der Waals surface area contributed by atoms with E-state index in [0.29, 0.717) is 37.7 Å². The molecule has 0 radical (unpaired) electrons. The second-order valence-corrected chi connectivity index (χ2v) is 5.81. The van der Waals surface area contributed by atoms with E-state index in [4.69, 9.17) is 15.3 Å². The number of benzene rings is 1. The van der Waals surface area contributed by atoms with Crippen LogP contribution in [0.2, 0.25) is 0 Å². The summed E-state index contributed by atoms with van der Waals surface area (Å²) in [5.41, 5.74) is 6.26. The molecule has 2 unspecified atom stereocenters. The normalized spacial score (nSPS) is 29.0. The fourth-order valence-corrected chi connectivity index (χ4v) is 3.16. The number of hydrogen-bond donors (Lipinski definition) is 1. The van der Waals surface area contributed by atoms with Crippen molar-refractivity contribution in [1.82, 2.24) is 9.55 Å². The first-order valence-corrected chi connectivity index (χ1v) is 7.85. The minimum absolute atomic E-state index is 0.0904. The fourth-order valence-electron chi connectivity index (χ4n) is 3.16. The Hall–Kier alpha value is -2.29. The first kappa shape index (κ1) is 16.6. The van der Waals surface area contributed by atoms with Gasteiger partial charge < -0.3 is 10.5 Å². The van der Waals surface area contributed by atoms with Gasteiger partial charge in [0.2, 0.25) is 6.04 Å². The summed E-state index contributed by atoms with van der Waals surface area (Å²) in [6, 6.07) is 7.89. The molecular formula is C16H21N4O4+. The monoisotopic (exact) mass is 333 g/mol. The van der Waals surface area contributed by atoms with Gasteiger partial charge in [-0.2, -0.15) is 4.48 Å². The van der Waals surface area contributed by atoms with Crippen molar-refractivity contribution in [2.45, 2.75) is 12.5 Å². The predicted octanol–water partition coefficient (Wildman–Crippen LogP) is 0.664. The standard InChI is InChI=1S/C16H20N4O4/c1-19-14(7-9-24-19)18-16(22)20(12-5-3-2-4-6-12)8-10-23-11-13(20)15(17)21/h2-6,13H,7-11H2,1H3,(H-,17,21)/p+1. The number of rotatable bonds is 2. The number of urea groups is 1. The van der Waals surface area contributed by atoms with Crippen molar-refractivity contribution in [3.8, 4) is 0 Å².